The SMILES string of the molecule is COCCOc1ccc(Nc2c(Br)cnc3[nH]c(-c4cc(C)n(-c5ccc6c(c5)OCO6)c4C)nc23)cc1. The Bertz CT molecular complexity index is 1630. The van der Waals surface area contributed by atoms with Crippen molar-refractivity contribution in [3.05, 3.63) is 70.6 Å². The van der Waals surface area contributed by atoms with Crippen LogP contribution in [0, 0.1) is 13.8 Å². The number of aromatic amines is 1. The van der Waals surface area contributed by atoms with Crippen molar-refractivity contribution in [3.8, 4) is 34.3 Å². The number of halogens is 1. The molecule has 9 nitrogen and oxygen atoms in total. The summed E-state index contributed by atoms with van der Waals surface area (Å²) in [7, 11) is 1.65. The summed E-state index contributed by atoms with van der Waals surface area (Å²) >= 11 is 3.64. The number of aromatic nitrogens is 4. The number of nitrogens with one attached hydrogen (secondary N) is 2. The van der Waals surface area contributed by atoms with Crippen LogP contribution >= 0.6 is 15.9 Å². The summed E-state index contributed by atoms with van der Waals surface area (Å²) in [4.78, 5) is 12.9. The highest BCUT2D eigenvalue weighted by molar-refractivity contribution is 9.10. The van der Waals surface area contributed by atoms with E-state index < -0.39 is 0 Å². The lowest BCUT2D eigenvalue weighted by atomic mass is 10.2. The number of pyridine rings is 1. The van der Waals surface area contributed by atoms with E-state index in [1.54, 1.807) is 13.3 Å². The maximum atomic E-state index is 5.67. The number of rotatable bonds is 8. The van der Waals surface area contributed by atoms with Crippen LogP contribution < -0.4 is 19.5 Å². The summed E-state index contributed by atoms with van der Waals surface area (Å²) < 4.78 is 24.8. The average Bonchev–Trinajstić information content (AvgIpc) is 3.63. The normalized spacial score (nSPS) is 12.3. The van der Waals surface area contributed by atoms with Crippen LogP contribution in [0.25, 0.3) is 28.2 Å². The van der Waals surface area contributed by atoms with Crippen molar-refractivity contribution in [1.82, 2.24) is 19.5 Å². The molecule has 0 saturated carbocycles. The lowest BCUT2D eigenvalue weighted by Gasteiger charge is -2.10. The monoisotopic (exact) mass is 575 g/mol. The fourth-order valence-electron chi connectivity index (χ4n) is 4.62. The van der Waals surface area contributed by atoms with Crippen molar-refractivity contribution >= 4 is 38.5 Å². The number of methoxy groups -OCH3 is 1. The molecule has 4 heterocycles. The Morgan fingerprint density at radius 3 is 2.68 bits per heavy atom. The maximum absolute atomic E-state index is 5.67. The standard InChI is InChI=1S/C28H26BrN5O4/c1-16-12-21(17(2)34(16)19-6-9-23-24(13-19)38-15-37-23)27-32-26-25(22(29)14-30-28(26)33-27)31-18-4-7-20(8-5-18)36-11-10-35-3/h4-9,12-14H,10-11,15H2,1-3H3,(H2,30,31,32,33). The smallest absolute Gasteiger partial charge is 0.231 e. The number of H-pyrrole nitrogens is 1. The van der Waals surface area contributed by atoms with Crippen LogP contribution in [0.15, 0.2) is 59.2 Å². The molecule has 0 fully saturated rings. The molecule has 194 valence electrons. The second-order valence-corrected chi connectivity index (χ2v) is 9.77. The highest BCUT2D eigenvalue weighted by atomic mass is 79.9. The number of imidazole rings is 1. The largest absolute Gasteiger partial charge is 0.491 e. The Hall–Kier alpha value is -4.02. The third-order valence-electron chi connectivity index (χ3n) is 6.45. The summed E-state index contributed by atoms with van der Waals surface area (Å²) in [6.45, 7) is 5.46. The van der Waals surface area contributed by atoms with E-state index in [0.717, 1.165) is 67.1 Å². The van der Waals surface area contributed by atoms with Gasteiger partial charge in [-0.3, -0.25) is 0 Å². The minimum absolute atomic E-state index is 0.248. The second-order valence-electron chi connectivity index (χ2n) is 8.91. The number of ether oxygens (including phenoxy) is 4. The minimum Gasteiger partial charge on any atom is -0.491 e. The van der Waals surface area contributed by atoms with Crippen LogP contribution in [0.1, 0.15) is 11.4 Å². The number of fused-ring (bicyclic) bond motifs is 2. The highest BCUT2D eigenvalue weighted by Crippen LogP contribution is 2.37. The molecule has 1 aliphatic heterocycles. The molecule has 0 aliphatic carbocycles. The van der Waals surface area contributed by atoms with Gasteiger partial charge in [0.25, 0.3) is 0 Å². The fourth-order valence-corrected chi connectivity index (χ4v) is 5.01. The van der Waals surface area contributed by atoms with Crippen LogP contribution in [0.2, 0.25) is 0 Å². The van der Waals surface area contributed by atoms with E-state index in [9.17, 15) is 0 Å². The third-order valence-corrected chi connectivity index (χ3v) is 7.05. The van der Waals surface area contributed by atoms with Crippen molar-refractivity contribution < 1.29 is 18.9 Å². The molecule has 2 aromatic carbocycles. The van der Waals surface area contributed by atoms with E-state index in [2.05, 4.69) is 55.7 Å². The van der Waals surface area contributed by atoms with Crippen LogP contribution in [-0.2, 0) is 4.74 Å². The molecule has 2 N–H and O–H groups in total. The lowest BCUT2D eigenvalue weighted by molar-refractivity contribution is 0.146. The Morgan fingerprint density at radius 2 is 1.87 bits per heavy atom. The molecular weight excluding hydrogens is 550 g/mol. The molecule has 0 atom stereocenters. The third kappa shape index (κ3) is 4.46. The summed E-state index contributed by atoms with van der Waals surface area (Å²) in [6.07, 6.45) is 1.77. The van der Waals surface area contributed by atoms with Gasteiger partial charge in [0.05, 0.1) is 16.8 Å². The Kier molecular flexibility index (Phi) is 6.42. The molecule has 6 rings (SSSR count). The van der Waals surface area contributed by atoms with E-state index in [1.807, 2.05) is 42.5 Å². The van der Waals surface area contributed by atoms with Crippen molar-refractivity contribution in [2.75, 3.05) is 32.4 Å². The molecule has 5 aromatic rings. The first-order chi connectivity index (χ1) is 18.5. The number of benzene rings is 2. The zero-order valence-electron chi connectivity index (χ0n) is 21.2. The second kappa shape index (κ2) is 10.0. The van der Waals surface area contributed by atoms with Crippen LogP contribution in [0.3, 0.4) is 0 Å². The van der Waals surface area contributed by atoms with E-state index in [-0.39, 0.29) is 6.79 Å². The quantitative estimate of drug-likeness (QED) is 0.210. The van der Waals surface area contributed by atoms with E-state index in [4.69, 9.17) is 23.9 Å². The minimum atomic E-state index is 0.248. The number of nitrogens with zero attached hydrogens (tertiary/aromatic N) is 3. The van der Waals surface area contributed by atoms with Gasteiger partial charge in [0.2, 0.25) is 6.79 Å². The van der Waals surface area contributed by atoms with Gasteiger partial charge in [-0.1, -0.05) is 0 Å². The van der Waals surface area contributed by atoms with E-state index in [0.29, 0.717) is 18.9 Å². The Labute approximate surface area is 227 Å². The number of aryl methyl sites for hydroxylation is 1. The summed E-state index contributed by atoms with van der Waals surface area (Å²) in [5.41, 5.74) is 7.30. The lowest BCUT2D eigenvalue weighted by Crippen LogP contribution is -2.04. The maximum Gasteiger partial charge on any atom is 0.231 e. The number of hydrogen-bond donors (Lipinski definition) is 2. The topological polar surface area (TPSA) is 95.5 Å². The van der Waals surface area contributed by atoms with Gasteiger partial charge in [-0.2, -0.15) is 0 Å². The molecule has 0 radical (unpaired) electrons. The van der Waals surface area contributed by atoms with Gasteiger partial charge in [0, 0.05) is 47.7 Å². The van der Waals surface area contributed by atoms with Crippen molar-refractivity contribution in [2.24, 2.45) is 0 Å². The molecule has 38 heavy (non-hydrogen) atoms. The molecule has 3 aromatic heterocycles. The number of hydrogen-bond acceptors (Lipinski definition) is 7. The molecule has 0 bridgehead atoms. The van der Waals surface area contributed by atoms with Crippen LogP contribution in [0.4, 0.5) is 11.4 Å². The average molecular weight is 576 g/mol. The summed E-state index contributed by atoms with van der Waals surface area (Å²) in [5.74, 6) is 3.04. The number of anilines is 2. The zero-order chi connectivity index (χ0) is 26.2. The molecule has 0 unspecified atom stereocenters. The molecule has 0 saturated heterocycles. The fraction of sp³-hybridized carbons (Fsp3) is 0.214. The van der Waals surface area contributed by atoms with Crippen molar-refractivity contribution in [2.45, 2.75) is 13.8 Å². The first kappa shape index (κ1) is 24.3. The predicted octanol–water partition coefficient (Wildman–Crippen LogP) is 6.29. The van der Waals surface area contributed by atoms with Gasteiger partial charge in [-0.25, -0.2) is 9.97 Å². The molecule has 0 spiro atoms. The molecule has 10 heteroatoms. The van der Waals surface area contributed by atoms with Gasteiger partial charge in [0.1, 0.15) is 23.7 Å². The summed E-state index contributed by atoms with van der Waals surface area (Å²) in [5, 5.41) is 3.47. The molecular formula is C28H26BrN5O4. The van der Waals surface area contributed by atoms with E-state index >= 15 is 0 Å². The predicted molar refractivity (Wildman–Crippen MR) is 149 cm³/mol. The van der Waals surface area contributed by atoms with Crippen molar-refractivity contribution in [1.29, 1.82) is 0 Å². The van der Waals surface area contributed by atoms with Gasteiger partial charge in [-0.05, 0) is 72.2 Å². The Morgan fingerprint density at radius 1 is 1.05 bits per heavy atom. The first-order valence-electron chi connectivity index (χ1n) is 12.1. The van der Waals surface area contributed by atoms with Crippen molar-refractivity contribution in [3.63, 3.8) is 0 Å². The summed E-state index contributed by atoms with van der Waals surface area (Å²) in [6, 6.07) is 15.9. The van der Waals surface area contributed by atoms with E-state index in [1.165, 1.54) is 0 Å². The van der Waals surface area contributed by atoms with Gasteiger partial charge in [-0.15, -0.1) is 0 Å². The first-order valence-corrected chi connectivity index (χ1v) is 12.9. The molecule has 0 amide bonds. The van der Waals surface area contributed by atoms with Gasteiger partial charge >= 0.3 is 0 Å². The van der Waals surface area contributed by atoms with Crippen LogP contribution in [-0.4, -0.2) is 46.6 Å². The van der Waals surface area contributed by atoms with Crippen LogP contribution in [0.5, 0.6) is 17.2 Å². The van der Waals surface area contributed by atoms with Gasteiger partial charge < -0.3 is 33.8 Å². The Balaban J connectivity index is 1.32. The molecule has 1 aliphatic rings. The zero-order valence-corrected chi connectivity index (χ0v) is 22.8. The highest BCUT2D eigenvalue weighted by Gasteiger charge is 2.20. The van der Waals surface area contributed by atoms with Gasteiger partial charge in [0.15, 0.2) is 17.1 Å².